The minimum absolute atomic E-state index is 0.0915. The van der Waals surface area contributed by atoms with Crippen molar-refractivity contribution in [3.63, 3.8) is 0 Å². The minimum atomic E-state index is -0.351. The van der Waals surface area contributed by atoms with E-state index in [1.807, 2.05) is 23.9 Å². The summed E-state index contributed by atoms with van der Waals surface area (Å²) in [5.41, 5.74) is 4.81. The first-order valence-corrected chi connectivity index (χ1v) is 9.74. The number of non-ortho nitro benzene ring substituents is 1. The third-order valence-corrected chi connectivity index (χ3v) is 7.77. The molecule has 0 saturated heterocycles. The van der Waals surface area contributed by atoms with Gasteiger partial charge in [-0.25, -0.2) is 0 Å². The van der Waals surface area contributed by atoms with Gasteiger partial charge in [0.05, 0.1) is 4.92 Å². The number of hydrogen-bond donors (Lipinski definition) is 1. The predicted molar refractivity (Wildman–Crippen MR) is 94.6 cm³/mol. The summed E-state index contributed by atoms with van der Waals surface area (Å²) in [5.74, 6) is 2.74. The topological polar surface area (TPSA) is 67.5 Å². The highest BCUT2D eigenvalue weighted by molar-refractivity contribution is 8.14. The van der Waals surface area contributed by atoms with E-state index in [4.69, 9.17) is 5.10 Å². The van der Waals surface area contributed by atoms with Crippen molar-refractivity contribution >= 4 is 22.5 Å². The molecule has 4 bridgehead atoms. The van der Waals surface area contributed by atoms with E-state index in [-0.39, 0.29) is 16.0 Å². The molecule has 6 rings (SSSR count). The molecule has 5 nitrogen and oxygen atoms in total. The predicted octanol–water partition coefficient (Wildman–Crippen LogP) is 4.46. The fourth-order valence-corrected chi connectivity index (χ4v) is 7.04. The van der Waals surface area contributed by atoms with Crippen LogP contribution in [0, 0.1) is 33.3 Å². The van der Waals surface area contributed by atoms with Crippen LogP contribution in [0.15, 0.2) is 29.4 Å². The molecule has 0 aromatic heterocycles. The molecule has 126 valence electrons. The highest BCUT2D eigenvalue weighted by Crippen LogP contribution is 2.62. The molecule has 4 saturated carbocycles. The summed E-state index contributed by atoms with van der Waals surface area (Å²) in [5, 5.41) is 16.9. The molecule has 1 N–H and O–H groups in total. The normalized spacial score (nSPS) is 39.6. The van der Waals surface area contributed by atoms with Crippen LogP contribution in [0.1, 0.15) is 49.5 Å². The van der Waals surface area contributed by atoms with Gasteiger partial charge in [0.1, 0.15) is 10.4 Å². The number of rotatable bonds is 3. The van der Waals surface area contributed by atoms with Crippen LogP contribution < -0.4 is 5.43 Å². The van der Waals surface area contributed by atoms with Crippen molar-refractivity contribution < 1.29 is 4.92 Å². The molecule has 1 aromatic carbocycles. The second-order valence-electron chi connectivity index (χ2n) is 8.09. The molecule has 6 heteroatoms. The third-order valence-electron chi connectivity index (χ3n) is 6.41. The Kier molecular flexibility index (Phi) is 3.21. The molecule has 0 unspecified atom stereocenters. The van der Waals surface area contributed by atoms with Crippen LogP contribution in [0.4, 0.5) is 5.69 Å². The van der Waals surface area contributed by atoms with Gasteiger partial charge in [0.2, 0.25) is 0 Å². The van der Waals surface area contributed by atoms with Gasteiger partial charge in [0.25, 0.3) is 5.69 Å². The van der Waals surface area contributed by atoms with Gasteiger partial charge in [0, 0.05) is 17.5 Å². The number of nitrogens with one attached hydrogen (secondary N) is 1. The van der Waals surface area contributed by atoms with Crippen LogP contribution in [-0.2, 0) is 0 Å². The number of nitro groups is 1. The standard InChI is InChI=1S/C18H21N3O2S/c22-21(23)15-3-1-14(2-4-15)16-19-20-17(24-16)18-8-11-5-12(9-18)7-13(6-11)10-18/h1-4,11-13,16,19H,5-10H2/t11?,12?,13?,16-,18?/m0/s1. The van der Waals surface area contributed by atoms with E-state index in [1.54, 1.807) is 12.1 Å². The van der Waals surface area contributed by atoms with Crippen molar-refractivity contribution in [1.82, 2.24) is 5.43 Å². The molecule has 4 fully saturated rings. The van der Waals surface area contributed by atoms with Gasteiger partial charge in [-0.2, -0.15) is 5.10 Å². The van der Waals surface area contributed by atoms with Crippen LogP contribution >= 0.6 is 11.8 Å². The van der Waals surface area contributed by atoms with Gasteiger partial charge >= 0.3 is 0 Å². The Morgan fingerprint density at radius 2 is 1.67 bits per heavy atom. The Hall–Kier alpha value is -1.56. The van der Waals surface area contributed by atoms with E-state index in [9.17, 15) is 10.1 Å². The summed E-state index contributed by atoms with van der Waals surface area (Å²) in [6.07, 6.45) is 8.28. The van der Waals surface area contributed by atoms with Gasteiger partial charge < -0.3 is 0 Å². The molecule has 1 aliphatic heterocycles. The maximum absolute atomic E-state index is 10.8. The van der Waals surface area contributed by atoms with Crippen molar-refractivity contribution in [1.29, 1.82) is 0 Å². The summed E-state index contributed by atoms with van der Waals surface area (Å²) < 4.78 is 0. The molecular weight excluding hydrogens is 322 g/mol. The van der Waals surface area contributed by atoms with E-state index < -0.39 is 0 Å². The lowest BCUT2D eigenvalue weighted by Crippen LogP contribution is -2.49. The zero-order chi connectivity index (χ0) is 16.3. The first kappa shape index (κ1) is 14.8. The second kappa shape index (κ2) is 5.22. The molecule has 0 radical (unpaired) electrons. The minimum Gasteiger partial charge on any atom is -0.291 e. The van der Waals surface area contributed by atoms with E-state index in [2.05, 4.69) is 5.43 Å². The van der Waals surface area contributed by atoms with Crippen molar-refractivity contribution in [3.8, 4) is 0 Å². The number of benzene rings is 1. The molecule has 0 spiro atoms. The average Bonchev–Trinajstić information content (AvgIpc) is 3.04. The van der Waals surface area contributed by atoms with Crippen LogP contribution in [0.5, 0.6) is 0 Å². The van der Waals surface area contributed by atoms with Crippen LogP contribution in [-0.4, -0.2) is 9.97 Å². The highest BCUT2D eigenvalue weighted by Gasteiger charge is 2.54. The van der Waals surface area contributed by atoms with E-state index in [1.165, 1.54) is 43.6 Å². The summed E-state index contributed by atoms with van der Waals surface area (Å²) >= 11 is 1.84. The van der Waals surface area contributed by atoms with Crippen molar-refractivity contribution in [2.24, 2.45) is 28.3 Å². The van der Waals surface area contributed by atoms with Gasteiger partial charge in [-0.3, -0.25) is 15.5 Å². The fourth-order valence-electron chi connectivity index (χ4n) is 5.81. The smallest absolute Gasteiger partial charge is 0.269 e. The lowest BCUT2D eigenvalue weighted by atomic mass is 9.50. The maximum Gasteiger partial charge on any atom is 0.269 e. The second-order valence-corrected chi connectivity index (χ2v) is 9.18. The number of nitrogens with zero attached hydrogens (tertiary/aromatic N) is 2. The third kappa shape index (κ3) is 2.26. The molecule has 24 heavy (non-hydrogen) atoms. The van der Waals surface area contributed by atoms with Crippen molar-refractivity contribution in [3.05, 3.63) is 39.9 Å². The summed E-state index contributed by atoms with van der Waals surface area (Å²) in [6, 6.07) is 6.86. The molecule has 1 heterocycles. The zero-order valence-electron chi connectivity index (χ0n) is 13.5. The summed E-state index contributed by atoms with van der Waals surface area (Å²) in [4.78, 5) is 10.5. The number of nitro benzene ring substituents is 1. The largest absolute Gasteiger partial charge is 0.291 e. The molecular formula is C18H21N3O2S. The highest BCUT2D eigenvalue weighted by atomic mass is 32.2. The number of hydrogen-bond acceptors (Lipinski definition) is 5. The Morgan fingerprint density at radius 1 is 1.08 bits per heavy atom. The molecule has 1 aromatic rings. The van der Waals surface area contributed by atoms with Gasteiger partial charge in [-0.05, 0) is 74.0 Å². The monoisotopic (exact) mass is 343 g/mol. The van der Waals surface area contributed by atoms with Crippen molar-refractivity contribution in [2.75, 3.05) is 0 Å². The summed E-state index contributed by atoms with van der Waals surface area (Å²) in [7, 11) is 0. The fraction of sp³-hybridized carbons (Fsp3) is 0.611. The van der Waals surface area contributed by atoms with Crippen LogP contribution in [0.2, 0.25) is 0 Å². The van der Waals surface area contributed by atoms with Gasteiger partial charge in [0.15, 0.2) is 0 Å². The van der Waals surface area contributed by atoms with E-state index in [0.29, 0.717) is 5.41 Å². The average molecular weight is 343 g/mol. The Labute approximate surface area is 145 Å². The molecule has 5 aliphatic rings. The number of hydrazone groups is 1. The maximum atomic E-state index is 10.8. The van der Waals surface area contributed by atoms with Crippen molar-refractivity contribution in [2.45, 2.75) is 43.9 Å². The van der Waals surface area contributed by atoms with Gasteiger partial charge in [-0.1, -0.05) is 11.8 Å². The Balaban J connectivity index is 1.34. The zero-order valence-corrected chi connectivity index (χ0v) is 14.3. The first-order chi connectivity index (χ1) is 11.6. The van der Waals surface area contributed by atoms with Crippen LogP contribution in [0.25, 0.3) is 0 Å². The van der Waals surface area contributed by atoms with Gasteiger partial charge in [-0.15, -0.1) is 0 Å². The molecule has 4 aliphatic carbocycles. The summed E-state index contributed by atoms with van der Waals surface area (Å²) in [6.45, 7) is 0. The lowest BCUT2D eigenvalue weighted by Gasteiger charge is -2.56. The Morgan fingerprint density at radius 3 is 2.21 bits per heavy atom. The Bertz CT molecular complexity index is 680. The molecule has 1 atom stereocenters. The quantitative estimate of drug-likeness (QED) is 0.650. The van der Waals surface area contributed by atoms with E-state index >= 15 is 0 Å². The molecule has 0 amide bonds. The first-order valence-electron chi connectivity index (χ1n) is 8.86. The lowest BCUT2D eigenvalue weighted by molar-refractivity contribution is -0.384. The van der Waals surface area contributed by atoms with Crippen LogP contribution in [0.3, 0.4) is 0 Å². The number of thioether (sulfide) groups is 1. The van der Waals surface area contributed by atoms with E-state index in [0.717, 1.165) is 23.3 Å². The SMILES string of the molecule is O=[N+]([O-])c1ccc([C@H]2NN=C(C34CC5CC(CC(C5)C3)C4)S2)cc1.